The zero-order valence-electron chi connectivity index (χ0n) is 8.74. The normalized spacial score (nSPS) is 21.0. The van der Waals surface area contributed by atoms with Gasteiger partial charge in [0.1, 0.15) is 0 Å². The summed E-state index contributed by atoms with van der Waals surface area (Å²) in [5.74, 6) is 0. The van der Waals surface area contributed by atoms with Crippen LogP contribution in [-0.2, 0) is 0 Å². The Morgan fingerprint density at radius 1 is 1.33 bits per heavy atom. The first-order valence-corrected chi connectivity index (χ1v) is 5.74. The fourth-order valence-corrected chi connectivity index (χ4v) is 2.39. The highest BCUT2D eigenvalue weighted by molar-refractivity contribution is 7.99. The lowest BCUT2D eigenvalue weighted by molar-refractivity contribution is 0.531. The molecule has 0 amide bonds. The minimum Gasteiger partial charge on any atom is -0.258 e. The molecule has 1 saturated carbocycles. The highest BCUT2D eigenvalue weighted by Crippen LogP contribution is 2.50. The van der Waals surface area contributed by atoms with E-state index in [9.17, 15) is 0 Å². The lowest BCUT2D eigenvalue weighted by atomic mass is 10.1. The molecular weight excluding hydrogens is 166 g/mol. The van der Waals surface area contributed by atoms with Crippen LogP contribution in [0, 0.1) is 0 Å². The molecule has 0 atom stereocenters. The summed E-state index contributed by atoms with van der Waals surface area (Å²) < 4.78 is 4.14. The summed E-state index contributed by atoms with van der Waals surface area (Å²) in [5.41, 5.74) is 0.258. The summed E-state index contributed by atoms with van der Waals surface area (Å²) in [7, 11) is 0. The Hall–Kier alpha value is 0.310. The van der Waals surface area contributed by atoms with E-state index in [1.165, 1.54) is 25.7 Å². The predicted molar refractivity (Wildman–Crippen MR) is 57.4 cm³/mol. The van der Waals surface area contributed by atoms with Gasteiger partial charge in [0.15, 0.2) is 0 Å². The largest absolute Gasteiger partial charge is 0.258 e. The Balaban J connectivity index is 2.22. The van der Waals surface area contributed by atoms with Gasteiger partial charge >= 0.3 is 0 Å². The van der Waals surface area contributed by atoms with Crippen LogP contribution in [0.4, 0.5) is 0 Å². The zero-order chi connectivity index (χ0) is 9.24. The van der Waals surface area contributed by atoms with Crippen LogP contribution in [0.2, 0.25) is 0 Å². The Morgan fingerprint density at radius 3 is 2.25 bits per heavy atom. The average molecular weight is 187 g/mol. The average Bonchev–Trinajstić information content (AvgIpc) is 2.65. The Morgan fingerprint density at radius 2 is 1.92 bits per heavy atom. The van der Waals surface area contributed by atoms with Crippen LogP contribution >= 0.6 is 11.9 Å². The Labute approximate surface area is 80.8 Å². The molecule has 1 N–H and O–H groups in total. The molecule has 0 bridgehead atoms. The van der Waals surface area contributed by atoms with E-state index in [1.807, 2.05) is 11.9 Å². The van der Waals surface area contributed by atoms with Crippen LogP contribution in [0.5, 0.6) is 0 Å². The van der Waals surface area contributed by atoms with E-state index >= 15 is 0 Å². The molecule has 0 radical (unpaired) electrons. The molecule has 2 heteroatoms. The fraction of sp³-hybridized carbons (Fsp3) is 1.00. The van der Waals surface area contributed by atoms with Gasteiger partial charge in [-0.15, -0.1) is 0 Å². The molecule has 0 spiro atoms. The van der Waals surface area contributed by atoms with E-state index in [-0.39, 0.29) is 5.54 Å². The van der Waals surface area contributed by atoms with Gasteiger partial charge < -0.3 is 0 Å². The van der Waals surface area contributed by atoms with Gasteiger partial charge in [-0.1, -0.05) is 25.3 Å². The van der Waals surface area contributed by atoms with Gasteiger partial charge in [-0.05, 0) is 40.0 Å². The van der Waals surface area contributed by atoms with Gasteiger partial charge in [-0.25, -0.2) is 0 Å². The summed E-state index contributed by atoms with van der Waals surface area (Å²) in [5, 5.41) is 0. The molecule has 72 valence electrons. The highest BCUT2D eigenvalue weighted by atomic mass is 32.2. The number of hydrogen-bond donors (Lipinski definition) is 1. The number of hydrogen-bond acceptors (Lipinski definition) is 2. The molecule has 0 unspecified atom stereocenters. The fourth-order valence-electron chi connectivity index (χ4n) is 1.26. The van der Waals surface area contributed by atoms with Crippen molar-refractivity contribution in [2.75, 3.05) is 0 Å². The maximum Gasteiger partial charge on any atom is 0.0306 e. The van der Waals surface area contributed by atoms with Crippen LogP contribution in [0.1, 0.15) is 53.4 Å². The van der Waals surface area contributed by atoms with Crippen LogP contribution < -0.4 is 4.72 Å². The van der Waals surface area contributed by atoms with Gasteiger partial charge in [0.05, 0.1) is 0 Å². The standard InChI is InChI=1S/C10H21NS/c1-5-6-10(7-8-10)12-11-9(2,3)4/h11H,5-8H2,1-4H3. The zero-order valence-corrected chi connectivity index (χ0v) is 9.55. The van der Waals surface area contributed by atoms with Crippen LogP contribution in [0.25, 0.3) is 0 Å². The van der Waals surface area contributed by atoms with E-state index < -0.39 is 0 Å². The van der Waals surface area contributed by atoms with Crippen molar-refractivity contribution in [1.29, 1.82) is 0 Å². The Kier molecular flexibility index (Phi) is 3.11. The molecule has 12 heavy (non-hydrogen) atoms. The molecular formula is C10H21NS. The minimum absolute atomic E-state index is 0.258. The molecule has 1 fully saturated rings. The van der Waals surface area contributed by atoms with Crippen molar-refractivity contribution in [1.82, 2.24) is 4.72 Å². The summed E-state index contributed by atoms with van der Waals surface area (Å²) in [4.78, 5) is 0. The second-order valence-corrected chi connectivity index (χ2v) is 6.16. The van der Waals surface area contributed by atoms with E-state index in [0.717, 1.165) is 0 Å². The molecule has 1 rings (SSSR count). The lowest BCUT2D eigenvalue weighted by Gasteiger charge is -2.23. The van der Waals surface area contributed by atoms with Gasteiger partial charge in [0.2, 0.25) is 0 Å². The third kappa shape index (κ3) is 3.36. The van der Waals surface area contributed by atoms with Crippen molar-refractivity contribution in [3.05, 3.63) is 0 Å². The molecule has 0 heterocycles. The van der Waals surface area contributed by atoms with E-state index in [4.69, 9.17) is 0 Å². The first-order chi connectivity index (χ1) is 5.47. The molecule has 0 saturated heterocycles. The molecule has 0 aromatic carbocycles. The summed E-state index contributed by atoms with van der Waals surface area (Å²) in [6.45, 7) is 8.95. The lowest BCUT2D eigenvalue weighted by Crippen LogP contribution is -2.32. The quantitative estimate of drug-likeness (QED) is 0.677. The SMILES string of the molecule is CCCC1(SNC(C)(C)C)CC1. The van der Waals surface area contributed by atoms with Gasteiger partial charge in [-0.2, -0.15) is 0 Å². The molecule has 1 aliphatic carbocycles. The van der Waals surface area contributed by atoms with Crippen LogP contribution in [0.3, 0.4) is 0 Å². The van der Waals surface area contributed by atoms with E-state index in [0.29, 0.717) is 4.75 Å². The van der Waals surface area contributed by atoms with Gasteiger partial charge in [0, 0.05) is 10.3 Å². The van der Waals surface area contributed by atoms with E-state index in [2.05, 4.69) is 32.4 Å². The third-order valence-corrected chi connectivity index (χ3v) is 3.85. The minimum atomic E-state index is 0.258. The first-order valence-electron chi connectivity index (χ1n) is 4.93. The first kappa shape index (κ1) is 10.4. The number of rotatable bonds is 4. The van der Waals surface area contributed by atoms with Crippen LogP contribution in [-0.4, -0.2) is 10.3 Å². The molecule has 0 aliphatic heterocycles. The highest BCUT2D eigenvalue weighted by Gasteiger charge is 2.43. The number of nitrogens with one attached hydrogen (secondary N) is 1. The Bertz CT molecular complexity index is 144. The monoisotopic (exact) mass is 187 g/mol. The summed E-state index contributed by atoms with van der Waals surface area (Å²) >= 11 is 1.97. The maximum absolute atomic E-state index is 3.53. The molecule has 0 aromatic heterocycles. The third-order valence-electron chi connectivity index (χ3n) is 2.09. The summed E-state index contributed by atoms with van der Waals surface area (Å²) in [6.07, 6.45) is 5.52. The van der Waals surface area contributed by atoms with Gasteiger partial charge in [-0.3, -0.25) is 4.72 Å². The van der Waals surface area contributed by atoms with Crippen molar-refractivity contribution >= 4 is 11.9 Å². The van der Waals surface area contributed by atoms with Crippen molar-refractivity contribution < 1.29 is 0 Å². The van der Waals surface area contributed by atoms with Gasteiger partial charge in [0.25, 0.3) is 0 Å². The van der Waals surface area contributed by atoms with E-state index in [1.54, 1.807) is 0 Å². The molecule has 1 nitrogen and oxygen atoms in total. The van der Waals surface area contributed by atoms with Crippen molar-refractivity contribution in [2.24, 2.45) is 0 Å². The molecule has 1 aliphatic rings. The second kappa shape index (κ2) is 3.59. The second-order valence-electron chi connectivity index (χ2n) is 4.89. The topological polar surface area (TPSA) is 12.0 Å². The van der Waals surface area contributed by atoms with Crippen molar-refractivity contribution in [3.63, 3.8) is 0 Å². The van der Waals surface area contributed by atoms with Crippen molar-refractivity contribution in [3.8, 4) is 0 Å². The maximum atomic E-state index is 3.53. The van der Waals surface area contributed by atoms with Crippen LogP contribution in [0.15, 0.2) is 0 Å². The smallest absolute Gasteiger partial charge is 0.0306 e. The predicted octanol–water partition coefficient (Wildman–Crippen LogP) is 3.36. The summed E-state index contributed by atoms with van der Waals surface area (Å²) in [6, 6.07) is 0. The van der Waals surface area contributed by atoms with Crippen molar-refractivity contribution in [2.45, 2.75) is 63.7 Å². The molecule has 0 aromatic rings.